The molecule has 2 fully saturated rings. The third kappa shape index (κ3) is 2.45. The first-order chi connectivity index (χ1) is 8.74. The van der Waals surface area contributed by atoms with E-state index >= 15 is 0 Å². The van der Waals surface area contributed by atoms with Crippen LogP contribution in [0, 0.1) is 11.8 Å². The standard InChI is InChI=1S/C13H21N3OS/c1-15(2)12-9-17-8-10-5-16(6-11(10)12)7-13-14-3-4-18-13/h3-4,10-12H,5-9H2,1-2H3/t10-,11-,12-/m0/s1. The molecule has 0 unspecified atom stereocenters. The molecule has 100 valence electrons. The summed E-state index contributed by atoms with van der Waals surface area (Å²) in [4.78, 5) is 9.25. The SMILES string of the molecule is CN(C)[C@H]1COC[C@@H]2CN(Cc3nccs3)C[C@@H]21. The summed E-state index contributed by atoms with van der Waals surface area (Å²) >= 11 is 1.76. The Kier molecular flexibility index (Phi) is 3.66. The molecule has 0 spiro atoms. The number of aromatic nitrogens is 1. The Morgan fingerprint density at radius 1 is 1.44 bits per heavy atom. The molecule has 0 aliphatic carbocycles. The zero-order valence-corrected chi connectivity index (χ0v) is 11.9. The molecule has 3 heterocycles. The molecule has 1 aromatic rings. The van der Waals surface area contributed by atoms with Crippen LogP contribution in [0.1, 0.15) is 5.01 Å². The predicted octanol–water partition coefficient (Wildman–Crippen LogP) is 1.15. The first kappa shape index (κ1) is 12.5. The van der Waals surface area contributed by atoms with Crippen LogP contribution in [0.2, 0.25) is 0 Å². The van der Waals surface area contributed by atoms with Crippen molar-refractivity contribution >= 4 is 11.3 Å². The highest BCUT2D eigenvalue weighted by Crippen LogP contribution is 2.32. The minimum atomic E-state index is 0.574. The van der Waals surface area contributed by atoms with Crippen molar-refractivity contribution < 1.29 is 4.74 Å². The van der Waals surface area contributed by atoms with Crippen LogP contribution in [-0.2, 0) is 11.3 Å². The predicted molar refractivity (Wildman–Crippen MR) is 72.7 cm³/mol. The van der Waals surface area contributed by atoms with Crippen molar-refractivity contribution in [2.24, 2.45) is 11.8 Å². The number of hydrogen-bond donors (Lipinski definition) is 0. The average Bonchev–Trinajstić information content (AvgIpc) is 2.96. The topological polar surface area (TPSA) is 28.6 Å². The summed E-state index contributed by atoms with van der Waals surface area (Å²) in [7, 11) is 4.33. The summed E-state index contributed by atoms with van der Waals surface area (Å²) in [5.41, 5.74) is 0. The van der Waals surface area contributed by atoms with Crippen molar-refractivity contribution in [1.82, 2.24) is 14.8 Å². The highest BCUT2D eigenvalue weighted by molar-refractivity contribution is 7.09. The van der Waals surface area contributed by atoms with Crippen LogP contribution < -0.4 is 0 Å². The molecule has 0 saturated carbocycles. The first-order valence-corrected chi connectivity index (χ1v) is 7.47. The zero-order valence-electron chi connectivity index (χ0n) is 11.1. The van der Waals surface area contributed by atoms with Gasteiger partial charge in [0.1, 0.15) is 5.01 Å². The summed E-state index contributed by atoms with van der Waals surface area (Å²) in [6.07, 6.45) is 1.90. The molecule has 3 atom stereocenters. The fourth-order valence-electron chi connectivity index (χ4n) is 3.25. The van der Waals surface area contributed by atoms with Gasteiger partial charge in [-0.3, -0.25) is 4.90 Å². The summed E-state index contributed by atoms with van der Waals surface area (Å²) < 4.78 is 5.76. The van der Waals surface area contributed by atoms with Gasteiger partial charge in [0.15, 0.2) is 0 Å². The van der Waals surface area contributed by atoms with Crippen molar-refractivity contribution in [3.8, 4) is 0 Å². The number of nitrogens with zero attached hydrogens (tertiary/aromatic N) is 3. The lowest BCUT2D eigenvalue weighted by Crippen LogP contribution is -2.47. The van der Waals surface area contributed by atoms with Crippen LogP contribution in [-0.4, -0.2) is 61.2 Å². The molecule has 0 aromatic carbocycles. The molecule has 0 bridgehead atoms. The Balaban J connectivity index is 1.65. The van der Waals surface area contributed by atoms with Crippen LogP contribution in [0.5, 0.6) is 0 Å². The maximum Gasteiger partial charge on any atom is 0.107 e. The van der Waals surface area contributed by atoms with Gasteiger partial charge in [0.25, 0.3) is 0 Å². The Bertz CT molecular complexity index is 382. The van der Waals surface area contributed by atoms with Crippen LogP contribution in [0.25, 0.3) is 0 Å². The molecule has 2 saturated heterocycles. The second-order valence-electron chi connectivity index (χ2n) is 5.61. The van der Waals surface area contributed by atoms with Crippen molar-refractivity contribution in [2.75, 3.05) is 40.4 Å². The Morgan fingerprint density at radius 3 is 3.06 bits per heavy atom. The maximum atomic E-state index is 5.76. The van der Waals surface area contributed by atoms with E-state index < -0.39 is 0 Å². The quantitative estimate of drug-likeness (QED) is 0.821. The normalized spacial score (nSPS) is 32.9. The highest BCUT2D eigenvalue weighted by Gasteiger charge is 2.41. The van der Waals surface area contributed by atoms with E-state index in [4.69, 9.17) is 4.74 Å². The summed E-state index contributed by atoms with van der Waals surface area (Å²) in [6, 6.07) is 0.574. The summed E-state index contributed by atoms with van der Waals surface area (Å²) in [6.45, 7) is 5.18. The fraction of sp³-hybridized carbons (Fsp3) is 0.769. The molecule has 0 N–H and O–H groups in total. The number of rotatable bonds is 3. The zero-order chi connectivity index (χ0) is 12.5. The molecular weight excluding hydrogens is 246 g/mol. The lowest BCUT2D eigenvalue weighted by Gasteiger charge is -2.37. The molecule has 0 amide bonds. The Morgan fingerprint density at radius 2 is 2.33 bits per heavy atom. The van der Waals surface area contributed by atoms with Gasteiger partial charge >= 0.3 is 0 Å². The molecule has 18 heavy (non-hydrogen) atoms. The van der Waals surface area contributed by atoms with Crippen molar-refractivity contribution in [1.29, 1.82) is 0 Å². The molecule has 4 nitrogen and oxygen atoms in total. The second-order valence-corrected chi connectivity index (χ2v) is 6.59. The van der Waals surface area contributed by atoms with E-state index in [0.717, 1.165) is 32.2 Å². The van der Waals surface area contributed by atoms with Gasteiger partial charge in [0.05, 0.1) is 19.8 Å². The van der Waals surface area contributed by atoms with E-state index in [0.29, 0.717) is 12.0 Å². The molecular formula is C13H21N3OS. The van der Waals surface area contributed by atoms with Gasteiger partial charge in [0, 0.05) is 36.6 Å². The minimum Gasteiger partial charge on any atom is -0.379 e. The van der Waals surface area contributed by atoms with Gasteiger partial charge in [0.2, 0.25) is 0 Å². The van der Waals surface area contributed by atoms with Crippen molar-refractivity contribution in [3.63, 3.8) is 0 Å². The molecule has 0 radical (unpaired) electrons. The van der Waals surface area contributed by atoms with Gasteiger partial charge in [-0.15, -0.1) is 11.3 Å². The van der Waals surface area contributed by atoms with Crippen molar-refractivity contribution in [2.45, 2.75) is 12.6 Å². The Labute approximate surface area is 113 Å². The van der Waals surface area contributed by atoms with E-state index in [-0.39, 0.29) is 0 Å². The Hall–Kier alpha value is -0.490. The van der Waals surface area contributed by atoms with Crippen LogP contribution in [0.15, 0.2) is 11.6 Å². The molecule has 5 heteroatoms. The van der Waals surface area contributed by atoms with Gasteiger partial charge in [-0.2, -0.15) is 0 Å². The lowest BCUT2D eigenvalue weighted by atomic mass is 9.87. The first-order valence-electron chi connectivity index (χ1n) is 6.59. The molecule has 2 aliphatic heterocycles. The largest absolute Gasteiger partial charge is 0.379 e. The van der Waals surface area contributed by atoms with Gasteiger partial charge in [-0.1, -0.05) is 0 Å². The number of fused-ring (bicyclic) bond motifs is 1. The average molecular weight is 267 g/mol. The number of thiazole rings is 1. The summed E-state index contributed by atoms with van der Waals surface area (Å²) in [5.74, 6) is 1.46. The number of hydrogen-bond acceptors (Lipinski definition) is 5. The highest BCUT2D eigenvalue weighted by atomic mass is 32.1. The monoisotopic (exact) mass is 267 g/mol. The van der Waals surface area contributed by atoms with E-state index in [9.17, 15) is 0 Å². The second kappa shape index (κ2) is 5.25. The van der Waals surface area contributed by atoms with Crippen LogP contribution >= 0.6 is 11.3 Å². The minimum absolute atomic E-state index is 0.574. The van der Waals surface area contributed by atoms with E-state index in [2.05, 4.69) is 34.3 Å². The third-order valence-electron chi connectivity index (χ3n) is 4.19. The number of likely N-dealkylation sites (N-methyl/N-ethyl adjacent to an activating group) is 1. The van der Waals surface area contributed by atoms with Crippen molar-refractivity contribution in [3.05, 3.63) is 16.6 Å². The number of ether oxygens (including phenoxy) is 1. The van der Waals surface area contributed by atoms with Gasteiger partial charge < -0.3 is 9.64 Å². The van der Waals surface area contributed by atoms with Crippen LogP contribution in [0.3, 0.4) is 0 Å². The van der Waals surface area contributed by atoms with Gasteiger partial charge in [-0.25, -0.2) is 4.98 Å². The maximum absolute atomic E-state index is 5.76. The molecule has 2 aliphatic rings. The summed E-state index contributed by atoms with van der Waals surface area (Å²) in [5, 5.41) is 3.29. The third-order valence-corrected chi connectivity index (χ3v) is 4.95. The van der Waals surface area contributed by atoms with E-state index in [1.165, 1.54) is 11.6 Å². The van der Waals surface area contributed by atoms with E-state index in [1.807, 2.05) is 6.20 Å². The van der Waals surface area contributed by atoms with Gasteiger partial charge in [-0.05, 0) is 20.0 Å². The smallest absolute Gasteiger partial charge is 0.107 e. The lowest BCUT2D eigenvalue weighted by molar-refractivity contribution is -0.0229. The molecule has 1 aromatic heterocycles. The molecule has 3 rings (SSSR count). The number of likely N-dealkylation sites (tertiary alicyclic amines) is 1. The van der Waals surface area contributed by atoms with E-state index in [1.54, 1.807) is 11.3 Å². The fourth-order valence-corrected chi connectivity index (χ4v) is 3.91. The van der Waals surface area contributed by atoms with Crippen LogP contribution in [0.4, 0.5) is 0 Å².